The molecule has 1 aromatic carbocycles. The second-order valence-electron chi connectivity index (χ2n) is 8.13. The normalized spacial score (nSPS) is 20.8. The van der Waals surface area contributed by atoms with E-state index in [1.54, 1.807) is 8.61 Å². The van der Waals surface area contributed by atoms with Crippen LogP contribution in [0.1, 0.15) is 36.8 Å². The Kier molecular flexibility index (Phi) is 6.41. The van der Waals surface area contributed by atoms with Crippen molar-refractivity contribution in [1.82, 2.24) is 18.5 Å². The summed E-state index contributed by atoms with van der Waals surface area (Å²) >= 11 is 6.44. The molecule has 3 heterocycles. The highest BCUT2D eigenvalue weighted by atomic mass is 35.5. The van der Waals surface area contributed by atoms with Crippen LogP contribution in [0.5, 0.6) is 0 Å². The molecular weight excluding hydrogens is 408 g/mol. The van der Waals surface area contributed by atoms with Gasteiger partial charge in [0.05, 0.1) is 5.52 Å². The fraction of sp³-hybridized carbons (Fsp3) is 0.571. The SMILES string of the molecule is Cc1ccc2cc(CN3CCN(S(=O)(=O)N4CCCCCC4)CC3)c(Cl)nc2c1. The van der Waals surface area contributed by atoms with Crippen molar-refractivity contribution in [3.8, 4) is 0 Å². The maximum atomic E-state index is 13.0. The van der Waals surface area contributed by atoms with E-state index in [-0.39, 0.29) is 0 Å². The monoisotopic (exact) mass is 436 g/mol. The zero-order valence-corrected chi connectivity index (χ0v) is 18.6. The third-order valence-electron chi connectivity index (χ3n) is 5.94. The van der Waals surface area contributed by atoms with Gasteiger partial charge in [-0.05, 0) is 37.5 Å². The molecule has 2 aliphatic rings. The predicted molar refractivity (Wildman–Crippen MR) is 117 cm³/mol. The lowest BCUT2D eigenvalue weighted by Crippen LogP contribution is -2.52. The first kappa shape index (κ1) is 21.0. The van der Waals surface area contributed by atoms with Crippen LogP contribution in [0.15, 0.2) is 24.3 Å². The van der Waals surface area contributed by atoms with E-state index in [2.05, 4.69) is 28.1 Å². The topological polar surface area (TPSA) is 56.8 Å². The molecule has 6 nitrogen and oxygen atoms in total. The Hall–Kier alpha value is -1.25. The molecule has 2 fully saturated rings. The van der Waals surface area contributed by atoms with Gasteiger partial charge in [-0.2, -0.15) is 17.0 Å². The Morgan fingerprint density at radius 3 is 2.28 bits per heavy atom. The van der Waals surface area contributed by atoms with Gasteiger partial charge in [0.15, 0.2) is 0 Å². The first-order valence-electron chi connectivity index (χ1n) is 10.5. The molecule has 4 rings (SSSR count). The molecule has 158 valence electrons. The second-order valence-corrected chi connectivity index (χ2v) is 10.4. The number of halogens is 1. The molecule has 2 aromatic rings. The van der Waals surface area contributed by atoms with Crippen molar-refractivity contribution in [3.05, 3.63) is 40.5 Å². The zero-order chi connectivity index (χ0) is 20.4. The van der Waals surface area contributed by atoms with E-state index in [1.165, 1.54) is 0 Å². The summed E-state index contributed by atoms with van der Waals surface area (Å²) < 4.78 is 29.3. The summed E-state index contributed by atoms with van der Waals surface area (Å²) in [5.74, 6) is 0. The number of benzene rings is 1. The lowest BCUT2D eigenvalue weighted by molar-refractivity contribution is 0.175. The highest BCUT2D eigenvalue weighted by Gasteiger charge is 2.32. The number of fused-ring (bicyclic) bond motifs is 1. The molecule has 0 saturated carbocycles. The number of hydrogen-bond donors (Lipinski definition) is 0. The lowest BCUT2D eigenvalue weighted by Gasteiger charge is -2.36. The second kappa shape index (κ2) is 8.86. The van der Waals surface area contributed by atoms with Crippen LogP contribution in [-0.2, 0) is 16.8 Å². The molecule has 8 heteroatoms. The fourth-order valence-electron chi connectivity index (χ4n) is 4.20. The van der Waals surface area contributed by atoms with Crippen molar-refractivity contribution in [2.45, 2.75) is 39.2 Å². The molecule has 0 spiro atoms. The molecule has 0 radical (unpaired) electrons. The third-order valence-corrected chi connectivity index (χ3v) is 8.30. The van der Waals surface area contributed by atoms with Crippen molar-refractivity contribution >= 4 is 32.7 Å². The van der Waals surface area contributed by atoms with Crippen molar-refractivity contribution in [2.24, 2.45) is 0 Å². The summed E-state index contributed by atoms with van der Waals surface area (Å²) in [5, 5.41) is 1.61. The van der Waals surface area contributed by atoms with Gasteiger partial charge in [0.2, 0.25) is 0 Å². The van der Waals surface area contributed by atoms with Gasteiger partial charge in [-0.3, -0.25) is 4.90 Å². The Labute approximate surface area is 178 Å². The summed E-state index contributed by atoms with van der Waals surface area (Å²) in [7, 11) is -3.34. The van der Waals surface area contributed by atoms with E-state index in [9.17, 15) is 8.42 Å². The minimum atomic E-state index is -3.34. The van der Waals surface area contributed by atoms with E-state index < -0.39 is 10.2 Å². The van der Waals surface area contributed by atoms with E-state index in [0.29, 0.717) is 51.0 Å². The van der Waals surface area contributed by atoms with Crippen LogP contribution in [0.25, 0.3) is 10.9 Å². The van der Waals surface area contributed by atoms with Crippen LogP contribution < -0.4 is 0 Å². The first-order valence-corrected chi connectivity index (χ1v) is 12.2. The maximum Gasteiger partial charge on any atom is 0.282 e. The lowest BCUT2D eigenvalue weighted by atomic mass is 10.1. The van der Waals surface area contributed by atoms with Crippen LogP contribution in [0.2, 0.25) is 5.15 Å². The Balaban J connectivity index is 1.40. The van der Waals surface area contributed by atoms with Crippen molar-refractivity contribution < 1.29 is 8.42 Å². The van der Waals surface area contributed by atoms with E-state index >= 15 is 0 Å². The van der Waals surface area contributed by atoms with Crippen LogP contribution >= 0.6 is 11.6 Å². The van der Waals surface area contributed by atoms with Crippen LogP contribution in [0, 0.1) is 6.92 Å². The number of aromatic nitrogens is 1. The molecule has 0 bridgehead atoms. The minimum absolute atomic E-state index is 0.524. The van der Waals surface area contributed by atoms with Gasteiger partial charge in [-0.1, -0.05) is 36.6 Å². The molecule has 0 amide bonds. The molecule has 2 saturated heterocycles. The van der Waals surface area contributed by atoms with Crippen LogP contribution in [0.3, 0.4) is 0 Å². The number of pyridine rings is 1. The molecule has 0 atom stereocenters. The predicted octanol–water partition coefficient (Wildman–Crippen LogP) is 3.44. The molecular formula is C21H29ClN4O2S. The molecule has 29 heavy (non-hydrogen) atoms. The molecule has 2 aliphatic heterocycles. The van der Waals surface area contributed by atoms with Crippen LogP contribution in [0.4, 0.5) is 0 Å². The summed E-state index contributed by atoms with van der Waals surface area (Å²) in [6, 6.07) is 8.29. The quantitative estimate of drug-likeness (QED) is 0.689. The van der Waals surface area contributed by atoms with Crippen molar-refractivity contribution in [1.29, 1.82) is 0 Å². The van der Waals surface area contributed by atoms with Crippen molar-refractivity contribution in [2.75, 3.05) is 39.3 Å². The number of aryl methyl sites for hydroxylation is 1. The first-order chi connectivity index (χ1) is 13.9. The third kappa shape index (κ3) is 4.75. The molecule has 0 aliphatic carbocycles. The van der Waals surface area contributed by atoms with Gasteiger partial charge < -0.3 is 0 Å². The van der Waals surface area contributed by atoms with Crippen LogP contribution in [-0.4, -0.2) is 66.2 Å². The summed E-state index contributed by atoms with van der Waals surface area (Å²) in [6.45, 7) is 6.49. The highest BCUT2D eigenvalue weighted by molar-refractivity contribution is 7.86. The highest BCUT2D eigenvalue weighted by Crippen LogP contribution is 2.24. The Morgan fingerprint density at radius 2 is 1.59 bits per heavy atom. The van der Waals surface area contributed by atoms with Gasteiger partial charge in [0, 0.05) is 56.8 Å². The van der Waals surface area contributed by atoms with Gasteiger partial charge in [-0.25, -0.2) is 4.98 Å². The van der Waals surface area contributed by atoms with E-state index in [0.717, 1.165) is 47.7 Å². The maximum absolute atomic E-state index is 13.0. The van der Waals surface area contributed by atoms with Gasteiger partial charge in [0.25, 0.3) is 10.2 Å². The minimum Gasteiger partial charge on any atom is -0.296 e. The summed E-state index contributed by atoms with van der Waals surface area (Å²) in [4.78, 5) is 6.81. The van der Waals surface area contributed by atoms with Gasteiger partial charge in [-0.15, -0.1) is 0 Å². The number of hydrogen-bond acceptors (Lipinski definition) is 4. The molecule has 1 aromatic heterocycles. The number of nitrogens with zero attached hydrogens (tertiary/aromatic N) is 4. The van der Waals surface area contributed by atoms with Crippen molar-refractivity contribution in [3.63, 3.8) is 0 Å². The fourth-order valence-corrected chi connectivity index (χ4v) is 6.08. The largest absolute Gasteiger partial charge is 0.296 e. The number of rotatable bonds is 4. The van der Waals surface area contributed by atoms with E-state index in [4.69, 9.17) is 11.6 Å². The van der Waals surface area contributed by atoms with E-state index in [1.807, 2.05) is 13.0 Å². The number of piperazine rings is 1. The standard InChI is InChI=1S/C21H29ClN4O2S/c1-17-6-7-18-15-19(21(22)23-20(18)14-17)16-24-10-12-26(13-11-24)29(27,28)25-8-4-2-3-5-9-25/h6-7,14-15H,2-5,8-13,16H2,1H3. The van der Waals surface area contributed by atoms with Gasteiger partial charge in [0.1, 0.15) is 5.15 Å². The summed E-state index contributed by atoms with van der Waals surface area (Å²) in [6.07, 6.45) is 4.18. The Bertz CT molecular complexity index is 966. The smallest absolute Gasteiger partial charge is 0.282 e. The average Bonchev–Trinajstić information content (AvgIpc) is 2.99. The average molecular weight is 437 g/mol. The molecule has 0 N–H and O–H groups in total. The van der Waals surface area contributed by atoms with Gasteiger partial charge >= 0.3 is 0 Å². The molecule has 0 unspecified atom stereocenters. The Morgan fingerprint density at radius 1 is 0.931 bits per heavy atom. The zero-order valence-electron chi connectivity index (χ0n) is 17.0. The summed E-state index contributed by atoms with van der Waals surface area (Å²) in [5.41, 5.74) is 3.06.